The van der Waals surface area contributed by atoms with Crippen LogP contribution in [-0.2, 0) is 22.6 Å². The number of rotatable bonds is 2. The summed E-state index contributed by atoms with van der Waals surface area (Å²) in [5, 5.41) is 12.7. The molecular weight excluding hydrogens is 288 g/mol. The Morgan fingerprint density at radius 2 is 2.05 bits per heavy atom. The number of carbonyl (C=O) groups excluding carboxylic acids is 1. The topological polar surface area (TPSA) is 69.6 Å². The molecule has 1 saturated heterocycles. The number of nitrogens with zero attached hydrogens (tertiary/aromatic N) is 1. The molecule has 2 atom stereocenters. The van der Waals surface area contributed by atoms with Gasteiger partial charge in [0.25, 0.3) is 0 Å². The van der Waals surface area contributed by atoms with Crippen LogP contribution in [0.5, 0.6) is 0 Å². The molecule has 0 radical (unpaired) electrons. The van der Waals surface area contributed by atoms with E-state index in [4.69, 9.17) is 0 Å². The van der Waals surface area contributed by atoms with E-state index in [1.807, 2.05) is 24.3 Å². The van der Waals surface area contributed by atoms with E-state index in [-0.39, 0.29) is 11.9 Å². The van der Waals surface area contributed by atoms with Crippen molar-refractivity contribution < 1.29 is 14.7 Å². The quantitative estimate of drug-likeness (QED) is 0.843. The molecule has 2 heterocycles. The minimum absolute atomic E-state index is 0.0934. The average Bonchev–Trinajstić information content (AvgIpc) is 2.53. The number of thioether (sulfide) groups is 1. The van der Waals surface area contributed by atoms with Crippen LogP contribution in [0.1, 0.15) is 11.1 Å². The molecule has 1 unspecified atom stereocenters. The molecule has 0 saturated carbocycles. The van der Waals surface area contributed by atoms with Crippen LogP contribution < -0.4 is 5.32 Å². The lowest BCUT2D eigenvalue weighted by molar-refractivity contribution is -0.152. The number of fused-ring (bicyclic) bond motifs is 1. The van der Waals surface area contributed by atoms with E-state index in [1.54, 1.807) is 11.8 Å². The third kappa shape index (κ3) is 2.91. The summed E-state index contributed by atoms with van der Waals surface area (Å²) in [5.74, 6) is 0.684. The van der Waals surface area contributed by atoms with Gasteiger partial charge in [-0.3, -0.25) is 4.79 Å². The molecule has 0 bridgehead atoms. The molecule has 1 fully saturated rings. The van der Waals surface area contributed by atoms with Crippen LogP contribution in [0.4, 0.5) is 0 Å². The molecule has 0 aromatic heterocycles. The number of carboxylic acids is 1. The summed E-state index contributed by atoms with van der Waals surface area (Å²) in [7, 11) is 0. The van der Waals surface area contributed by atoms with Crippen LogP contribution in [0.25, 0.3) is 0 Å². The van der Waals surface area contributed by atoms with Crippen LogP contribution in [0, 0.1) is 0 Å². The molecule has 5 nitrogen and oxygen atoms in total. The molecule has 3 rings (SSSR count). The predicted octanol–water partition coefficient (Wildman–Crippen LogP) is 0.730. The van der Waals surface area contributed by atoms with Crippen molar-refractivity contribution in [1.29, 1.82) is 0 Å². The van der Waals surface area contributed by atoms with Gasteiger partial charge in [0.2, 0.25) is 5.91 Å². The maximum atomic E-state index is 12.7. The van der Waals surface area contributed by atoms with Crippen LogP contribution in [0.15, 0.2) is 24.3 Å². The zero-order valence-electron chi connectivity index (χ0n) is 11.6. The predicted molar refractivity (Wildman–Crippen MR) is 81.2 cm³/mol. The maximum Gasteiger partial charge on any atom is 0.326 e. The lowest BCUT2D eigenvalue weighted by Gasteiger charge is -2.37. The van der Waals surface area contributed by atoms with Gasteiger partial charge in [-0.2, -0.15) is 11.8 Å². The van der Waals surface area contributed by atoms with Crippen molar-refractivity contribution in [3.05, 3.63) is 35.4 Å². The van der Waals surface area contributed by atoms with Gasteiger partial charge in [0.1, 0.15) is 6.04 Å². The van der Waals surface area contributed by atoms with Crippen LogP contribution in [0.2, 0.25) is 0 Å². The zero-order chi connectivity index (χ0) is 14.8. The van der Waals surface area contributed by atoms with E-state index in [0.29, 0.717) is 18.7 Å². The van der Waals surface area contributed by atoms with Crippen molar-refractivity contribution in [2.45, 2.75) is 25.0 Å². The Morgan fingerprint density at radius 3 is 2.71 bits per heavy atom. The first-order valence-electron chi connectivity index (χ1n) is 7.08. The van der Waals surface area contributed by atoms with Crippen molar-refractivity contribution in [3.8, 4) is 0 Å². The number of nitrogens with one attached hydrogen (secondary N) is 1. The summed E-state index contributed by atoms with van der Waals surface area (Å²) in [5.41, 5.74) is 2.08. The molecule has 1 aromatic carbocycles. The monoisotopic (exact) mass is 306 g/mol. The molecule has 21 heavy (non-hydrogen) atoms. The Morgan fingerprint density at radius 1 is 1.29 bits per heavy atom. The number of benzene rings is 1. The van der Waals surface area contributed by atoms with Gasteiger partial charge in [-0.05, 0) is 11.1 Å². The van der Waals surface area contributed by atoms with Gasteiger partial charge in [-0.1, -0.05) is 24.3 Å². The average molecular weight is 306 g/mol. The van der Waals surface area contributed by atoms with Crippen molar-refractivity contribution in [2.24, 2.45) is 0 Å². The number of carbonyl (C=O) groups is 2. The number of amides is 1. The van der Waals surface area contributed by atoms with Crippen LogP contribution in [-0.4, -0.2) is 52.0 Å². The first-order valence-corrected chi connectivity index (χ1v) is 8.23. The highest BCUT2D eigenvalue weighted by Gasteiger charge is 2.37. The van der Waals surface area contributed by atoms with E-state index in [9.17, 15) is 14.7 Å². The first-order chi connectivity index (χ1) is 10.2. The Labute approximate surface area is 127 Å². The third-order valence-electron chi connectivity index (χ3n) is 4.04. The number of aliphatic carboxylic acids is 1. The summed E-state index contributed by atoms with van der Waals surface area (Å²) in [6.45, 7) is 1.18. The van der Waals surface area contributed by atoms with Gasteiger partial charge in [-0.25, -0.2) is 4.79 Å². The molecular formula is C15H18N2O3S. The van der Waals surface area contributed by atoms with E-state index in [2.05, 4.69) is 5.32 Å². The summed E-state index contributed by atoms with van der Waals surface area (Å²) in [6, 6.07) is 6.72. The fourth-order valence-corrected chi connectivity index (χ4v) is 3.82. The molecule has 0 aliphatic carbocycles. The molecule has 2 aliphatic heterocycles. The molecule has 1 aromatic rings. The zero-order valence-corrected chi connectivity index (χ0v) is 12.4. The van der Waals surface area contributed by atoms with Crippen LogP contribution >= 0.6 is 11.8 Å². The van der Waals surface area contributed by atoms with Crippen molar-refractivity contribution >= 4 is 23.6 Å². The van der Waals surface area contributed by atoms with Crippen molar-refractivity contribution in [1.82, 2.24) is 10.2 Å². The smallest absolute Gasteiger partial charge is 0.326 e. The minimum atomic E-state index is -0.929. The SMILES string of the molecule is O=C(O)[C@H]1Cc2ccccc2CN1C(=O)C1CSCCN1. The van der Waals surface area contributed by atoms with Gasteiger partial charge in [0.05, 0.1) is 6.04 Å². The van der Waals surface area contributed by atoms with Gasteiger partial charge < -0.3 is 15.3 Å². The number of carboxylic acid groups (broad SMARTS) is 1. The van der Waals surface area contributed by atoms with E-state index >= 15 is 0 Å². The second kappa shape index (κ2) is 6.07. The highest BCUT2D eigenvalue weighted by Crippen LogP contribution is 2.25. The van der Waals surface area contributed by atoms with Gasteiger partial charge in [0.15, 0.2) is 0 Å². The Balaban J connectivity index is 1.85. The van der Waals surface area contributed by atoms with E-state index < -0.39 is 12.0 Å². The lowest BCUT2D eigenvalue weighted by Crippen LogP contribution is -2.56. The highest BCUT2D eigenvalue weighted by atomic mass is 32.2. The summed E-state index contributed by atoms with van der Waals surface area (Å²) in [6.07, 6.45) is 0.386. The van der Waals surface area contributed by atoms with Crippen LogP contribution in [0.3, 0.4) is 0 Å². The standard InChI is InChI=1S/C15H18N2O3S/c18-14(12-9-21-6-5-16-12)17-8-11-4-2-1-3-10(11)7-13(17)15(19)20/h1-4,12-13,16H,5-9H2,(H,19,20)/t12?,13-/m1/s1. The number of hydrogen-bond acceptors (Lipinski definition) is 4. The van der Waals surface area contributed by atoms with Crippen molar-refractivity contribution in [3.63, 3.8) is 0 Å². The largest absolute Gasteiger partial charge is 0.480 e. The van der Waals surface area contributed by atoms with Gasteiger partial charge in [0, 0.05) is 31.0 Å². The maximum absolute atomic E-state index is 12.7. The molecule has 6 heteroatoms. The second-order valence-corrected chi connectivity index (χ2v) is 6.52. The molecule has 112 valence electrons. The van der Waals surface area contributed by atoms with Crippen molar-refractivity contribution in [2.75, 3.05) is 18.1 Å². The summed E-state index contributed by atoms with van der Waals surface area (Å²) < 4.78 is 0. The summed E-state index contributed by atoms with van der Waals surface area (Å²) >= 11 is 1.73. The Kier molecular flexibility index (Phi) is 4.17. The lowest BCUT2D eigenvalue weighted by atomic mass is 9.93. The Bertz CT molecular complexity index is 558. The second-order valence-electron chi connectivity index (χ2n) is 5.37. The minimum Gasteiger partial charge on any atom is -0.480 e. The fraction of sp³-hybridized carbons (Fsp3) is 0.467. The first kappa shape index (κ1) is 14.4. The number of hydrogen-bond donors (Lipinski definition) is 2. The van der Waals surface area contributed by atoms with E-state index in [0.717, 1.165) is 23.4 Å². The highest BCUT2D eigenvalue weighted by molar-refractivity contribution is 7.99. The molecule has 2 aliphatic rings. The van der Waals surface area contributed by atoms with Gasteiger partial charge in [-0.15, -0.1) is 0 Å². The third-order valence-corrected chi connectivity index (χ3v) is 5.10. The Hall–Kier alpha value is -1.53. The molecule has 0 spiro atoms. The normalized spacial score (nSPS) is 25.2. The summed E-state index contributed by atoms with van der Waals surface area (Å²) in [4.78, 5) is 25.7. The fourth-order valence-electron chi connectivity index (χ4n) is 2.90. The molecule has 1 amide bonds. The molecule has 2 N–H and O–H groups in total. The van der Waals surface area contributed by atoms with E-state index in [1.165, 1.54) is 4.90 Å². The van der Waals surface area contributed by atoms with Gasteiger partial charge >= 0.3 is 5.97 Å².